The Labute approximate surface area is 99.1 Å². The highest BCUT2D eigenvalue weighted by Crippen LogP contribution is 2.08. The maximum absolute atomic E-state index is 10.8. The fourth-order valence-electron chi connectivity index (χ4n) is 1.20. The van der Waals surface area contributed by atoms with E-state index in [-0.39, 0.29) is 18.4 Å². The van der Waals surface area contributed by atoms with Gasteiger partial charge in [-0.15, -0.1) is 0 Å². The largest absolute Gasteiger partial charge is 1.00 e. The first kappa shape index (κ1) is 16.9. The molecule has 0 aliphatic heterocycles. The second-order valence-electron chi connectivity index (χ2n) is 3.98. The van der Waals surface area contributed by atoms with Crippen LogP contribution < -0.4 is 12.4 Å². The van der Waals surface area contributed by atoms with E-state index in [4.69, 9.17) is 4.74 Å². The van der Waals surface area contributed by atoms with Crippen molar-refractivity contribution in [3.63, 3.8) is 0 Å². The minimum Gasteiger partial charge on any atom is -1.00 e. The third-order valence-corrected chi connectivity index (χ3v) is 2.98. The van der Waals surface area contributed by atoms with E-state index in [1.807, 2.05) is 0 Å². The summed E-state index contributed by atoms with van der Waals surface area (Å²) in [6.07, 6.45) is 1.20. The first-order chi connectivity index (χ1) is 6.46. The van der Waals surface area contributed by atoms with Crippen LogP contribution in [0.25, 0.3) is 0 Å². The molecular formula is C11H22ClNO2. The van der Waals surface area contributed by atoms with Crippen LogP contribution in [-0.2, 0) is 9.53 Å². The minimum absolute atomic E-state index is 0. The quantitative estimate of drug-likeness (QED) is 0.322. The summed E-state index contributed by atoms with van der Waals surface area (Å²) in [4.78, 5) is 10.8. The van der Waals surface area contributed by atoms with Crippen molar-refractivity contribution in [2.24, 2.45) is 0 Å². The molecule has 0 fully saturated rings. The molecule has 90 valence electrons. The molecule has 0 saturated heterocycles. The number of halogens is 1. The third-order valence-electron chi connectivity index (χ3n) is 2.98. The van der Waals surface area contributed by atoms with Crippen LogP contribution >= 0.6 is 0 Å². The van der Waals surface area contributed by atoms with Crippen LogP contribution in [0.4, 0.5) is 0 Å². The van der Waals surface area contributed by atoms with Crippen LogP contribution in [0.1, 0.15) is 20.8 Å². The van der Waals surface area contributed by atoms with Crippen molar-refractivity contribution in [1.82, 2.24) is 0 Å². The Morgan fingerprint density at radius 1 is 1.53 bits per heavy atom. The van der Waals surface area contributed by atoms with Crippen LogP contribution in [0.2, 0.25) is 0 Å². The molecule has 0 bridgehead atoms. The number of hydrogen-bond acceptors (Lipinski definition) is 2. The van der Waals surface area contributed by atoms with Gasteiger partial charge in [0, 0.05) is 6.08 Å². The zero-order chi connectivity index (χ0) is 11.2. The predicted octanol–water partition coefficient (Wildman–Crippen LogP) is -1.41. The Morgan fingerprint density at radius 3 is 2.40 bits per heavy atom. The van der Waals surface area contributed by atoms with Gasteiger partial charge in [-0.2, -0.15) is 0 Å². The van der Waals surface area contributed by atoms with Gasteiger partial charge in [-0.25, -0.2) is 4.79 Å². The summed E-state index contributed by atoms with van der Waals surface area (Å²) in [6, 6.07) is 0.544. The molecule has 0 radical (unpaired) electrons. The summed E-state index contributed by atoms with van der Waals surface area (Å²) in [6.45, 7) is 12.2. The fourth-order valence-corrected chi connectivity index (χ4v) is 1.20. The second kappa shape index (κ2) is 7.71. The Balaban J connectivity index is 0. The second-order valence-corrected chi connectivity index (χ2v) is 3.98. The van der Waals surface area contributed by atoms with Crippen molar-refractivity contribution in [2.45, 2.75) is 26.8 Å². The van der Waals surface area contributed by atoms with Crippen LogP contribution in [0.3, 0.4) is 0 Å². The molecule has 1 unspecified atom stereocenters. The van der Waals surface area contributed by atoms with E-state index >= 15 is 0 Å². The van der Waals surface area contributed by atoms with Crippen molar-refractivity contribution in [1.29, 1.82) is 0 Å². The Hall–Kier alpha value is -0.540. The monoisotopic (exact) mass is 235 g/mol. The lowest BCUT2D eigenvalue weighted by Crippen LogP contribution is -3.00. The van der Waals surface area contributed by atoms with E-state index in [0.29, 0.717) is 12.6 Å². The smallest absolute Gasteiger partial charge is 0.330 e. The van der Waals surface area contributed by atoms with Gasteiger partial charge in [0.2, 0.25) is 0 Å². The number of nitrogens with zero attached hydrogens (tertiary/aromatic N) is 1. The Bertz CT molecular complexity index is 207. The molecule has 15 heavy (non-hydrogen) atoms. The van der Waals surface area contributed by atoms with Crippen LogP contribution in [0.5, 0.6) is 0 Å². The Kier molecular flexibility index (Phi) is 8.68. The number of quaternary nitrogens is 1. The van der Waals surface area contributed by atoms with Crippen molar-refractivity contribution in [2.75, 3.05) is 26.7 Å². The van der Waals surface area contributed by atoms with Crippen LogP contribution in [0, 0.1) is 0 Å². The zero-order valence-electron chi connectivity index (χ0n) is 10.1. The summed E-state index contributed by atoms with van der Waals surface area (Å²) in [7, 11) is 2.17. The molecule has 0 aliphatic rings. The molecule has 0 heterocycles. The number of esters is 1. The van der Waals surface area contributed by atoms with Gasteiger partial charge >= 0.3 is 5.97 Å². The summed E-state index contributed by atoms with van der Waals surface area (Å²) in [5.74, 6) is -0.337. The molecule has 1 atom stereocenters. The summed E-state index contributed by atoms with van der Waals surface area (Å²) in [5, 5.41) is 0. The van der Waals surface area contributed by atoms with E-state index in [9.17, 15) is 4.79 Å². The molecule has 3 nitrogen and oxygen atoms in total. The molecule has 0 aliphatic carbocycles. The number of carbonyl (C=O) groups excluding carboxylic acids is 1. The fraction of sp³-hybridized carbons (Fsp3) is 0.727. The van der Waals surface area contributed by atoms with Crippen molar-refractivity contribution in [3.05, 3.63) is 12.7 Å². The highest BCUT2D eigenvalue weighted by molar-refractivity contribution is 5.81. The molecule has 4 heteroatoms. The summed E-state index contributed by atoms with van der Waals surface area (Å²) in [5.41, 5.74) is 0. The van der Waals surface area contributed by atoms with Gasteiger partial charge in [0.15, 0.2) is 0 Å². The van der Waals surface area contributed by atoms with Gasteiger partial charge in [0.05, 0.1) is 19.6 Å². The van der Waals surface area contributed by atoms with Gasteiger partial charge in [-0.05, 0) is 20.8 Å². The number of ether oxygens (including phenoxy) is 1. The highest BCUT2D eigenvalue weighted by Gasteiger charge is 2.23. The maximum Gasteiger partial charge on any atom is 0.330 e. The zero-order valence-corrected chi connectivity index (χ0v) is 10.9. The van der Waals surface area contributed by atoms with Crippen LogP contribution in [0.15, 0.2) is 12.7 Å². The van der Waals surface area contributed by atoms with E-state index in [2.05, 4.69) is 34.4 Å². The van der Waals surface area contributed by atoms with Crippen molar-refractivity contribution in [3.8, 4) is 0 Å². The summed E-state index contributed by atoms with van der Waals surface area (Å²) >= 11 is 0. The number of likely N-dealkylation sites (N-methyl/N-ethyl adjacent to an activating group) is 1. The lowest BCUT2D eigenvalue weighted by atomic mass is 10.2. The van der Waals surface area contributed by atoms with E-state index in [1.165, 1.54) is 6.08 Å². The standard InChI is InChI=1S/C11H22NO2.ClH/c1-6-11(13)14-9-8-12(5,7-2)10(3)4;/h6,10H,1,7-9H2,2-5H3;1H/q+1;/p-1. The third kappa shape index (κ3) is 5.80. The molecule has 0 aromatic rings. The lowest BCUT2D eigenvalue weighted by molar-refractivity contribution is -0.928. The van der Waals surface area contributed by atoms with Gasteiger partial charge in [0.1, 0.15) is 13.2 Å². The summed E-state index contributed by atoms with van der Waals surface area (Å²) < 4.78 is 5.89. The maximum atomic E-state index is 10.8. The molecule has 0 N–H and O–H groups in total. The minimum atomic E-state index is -0.337. The van der Waals surface area contributed by atoms with Gasteiger partial charge < -0.3 is 21.6 Å². The number of hydrogen-bond donors (Lipinski definition) is 0. The van der Waals surface area contributed by atoms with Crippen LogP contribution in [-0.4, -0.2) is 43.2 Å². The number of rotatable bonds is 6. The average molecular weight is 236 g/mol. The molecule has 0 aromatic heterocycles. The first-order valence-corrected chi connectivity index (χ1v) is 5.09. The SMILES string of the molecule is C=CC(=O)OCC[N+](C)(CC)C(C)C.[Cl-]. The Morgan fingerprint density at radius 2 is 2.07 bits per heavy atom. The molecule has 0 aromatic carbocycles. The lowest BCUT2D eigenvalue weighted by Gasteiger charge is -2.37. The van der Waals surface area contributed by atoms with Gasteiger partial charge in [0.25, 0.3) is 0 Å². The van der Waals surface area contributed by atoms with Crippen molar-refractivity contribution >= 4 is 5.97 Å². The van der Waals surface area contributed by atoms with Gasteiger partial charge in [-0.3, -0.25) is 0 Å². The average Bonchev–Trinajstić information content (AvgIpc) is 2.16. The molecule has 0 saturated carbocycles. The normalized spacial score (nSPS) is 13.9. The van der Waals surface area contributed by atoms with E-state index < -0.39 is 0 Å². The topological polar surface area (TPSA) is 26.3 Å². The molecule has 0 amide bonds. The first-order valence-electron chi connectivity index (χ1n) is 5.09. The molecule has 0 rings (SSSR count). The van der Waals surface area contributed by atoms with E-state index in [1.54, 1.807) is 0 Å². The number of carbonyl (C=O) groups is 1. The molecule has 0 spiro atoms. The molecular weight excluding hydrogens is 214 g/mol. The van der Waals surface area contributed by atoms with Gasteiger partial charge in [-0.1, -0.05) is 6.58 Å². The van der Waals surface area contributed by atoms with E-state index in [0.717, 1.165) is 17.6 Å². The predicted molar refractivity (Wildman–Crippen MR) is 57.9 cm³/mol. The van der Waals surface area contributed by atoms with Crippen molar-refractivity contribution < 1.29 is 26.4 Å². The highest BCUT2D eigenvalue weighted by atomic mass is 35.5.